The number of ether oxygens (including phenoxy) is 1. The fraction of sp³-hybridized carbons (Fsp3) is 0.696. The Hall–Kier alpha value is -1.24. The number of rotatable bonds is 7. The van der Waals surface area contributed by atoms with E-state index in [1.165, 1.54) is 31.2 Å². The molecule has 1 aliphatic heterocycles. The minimum absolute atomic E-state index is 0.0134. The zero-order valence-corrected chi connectivity index (χ0v) is 19.1. The Labute approximate surface area is 180 Å². The smallest absolute Gasteiger partial charge is 0.191 e. The summed E-state index contributed by atoms with van der Waals surface area (Å²) < 4.78 is 5.67. The number of guanidine groups is 1. The van der Waals surface area contributed by atoms with E-state index in [1.54, 1.807) is 0 Å². The fourth-order valence-corrected chi connectivity index (χ4v) is 5.38. The van der Waals surface area contributed by atoms with Crippen molar-refractivity contribution >= 4 is 17.7 Å². The molecular formula is C23H38N4OS. The molecule has 0 amide bonds. The minimum atomic E-state index is 0.0134. The van der Waals surface area contributed by atoms with Gasteiger partial charge in [0, 0.05) is 49.7 Å². The highest BCUT2D eigenvalue weighted by Gasteiger charge is 2.34. The van der Waals surface area contributed by atoms with Gasteiger partial charge in [-0.1, -0.05) is 36.8 Å². The summed E-state index contributed by atoms with van der Waals surface area (Å²) in [4.78, 5) is 4.51. The van der Waals surface area contributed by atoms with Crippen LogP contribution in [0, 0.1) is 0 Å². The van der Waals surface area contributed by atoms with E-state index in [1.807, 2.05) is 18.8 Å². The number of nitrogens with zero attached hydrogens (tertiary/aromatic N) is 1. The molecule has 3 rings (SSSR count). The quantitative estimate of drug-likeness (QED) is 0.465. The van der Waals surface area contributed by atoms with Crippen LogP contribution in [0.25, 0.3) is 0 Å². The van der Waals surface area contributed by atoms with Crippen molar-refractivity contribution in [1.29, 1.82) is 0 Å². The molecule has 6 heteroatoms. The second kappa shape index (κ2) is 11.2. The monoisotopic (exact) mass is 418 g/mol. The van der Waals surface area contributed by atoms with Crippen LogP contribution in [0.5, 0.6) is 0 Å². The Bertz CT molecular complexity index is 633. The fourth-order valence-electron chi connectivity index (χ4n) is 4.55. The van der Waals surface area contributed by atoms with Gasteiger partial charge in [-0.25, -0.2) is 0 Å². The molecule has 3 unspecified atom stereocenters. The third kappa shape index (κ3) is 6.63. The summed E-state index contributed by atoms with van der Waals surface area (Å²) in [6, 6.07) is 11.5. The molecular weight excluding hydrogens is 380 g/mol. The molecule has 1 aromatic rings. The van der Waals surface area contributed by atoms with Crippen molar-refractivity contribution in [2.75, 3.05) is 33.1 Å². The van der Waals surface area contributed by atoms with Gasteiger partial charge in [-0.15, -0.1) is 0 Å². The van der Waals surface area contributed by atoms with Crippen molar-refractivity contribution in [3.63, 3.8) is 0 Å². The maximum absolute atomic E-state index is 5.67. The second-order valence-corrected chi connectivity index (χ2v) is 9.60. The molecule has 3 N–H and O–H groups in total. The highest BCUT2D eigenvalue weighted by atomic mass is 32.2. The highest BCUT2D eigenvalue weighted by Crippen LogP contribution is 2.27. The van der Waals surface area contributed by atoms with Gasteiger partial charge in [-0.2, -0.15) is 11.8 Å². The number of hydrogen-bond donors (Lipinski definition) is 3. The topological polar surface area (TPSA) is 57.7 Å². The summed E-state index contributed by atoms with van der Waals surface area (Å²) in [6.45, 7) is 4.72. The van der Waals surface area contributed by atoms with Crippen LogP contribution in [0.15, 0.2) is 35.3 Å². The average molecular weight is 419 g/mol. The molecule has 0 radical (unpaired) electrons. The lowest BCUT2D eigenvalue weighted by atomic mass is 9.88. The van der Waals surface area contributed by atoms with Crippen LogP contribution in [0.1, 0.15) is 57.1 Å². The second-order valence-electron chi connectivity index (χ2n) is 8.46. The summed E-state index contributed by atoms with van der Waals surface area (Å²) in [7, 11) is 1.88. The van der Waals surface area contributed by atoms with Gasteiger partial charge in [0.2, 0.25) is 0 Å². The normalized spacial score (nSPS) is 26.0. The maximum Gasteiger partial charge on any atom is 0.191 e. The third-order valence-electron chi connectivity index (χ3n) is 6.39. The molecule has 5 nitrogen and oxygen atoms in total. The molecule has 0 spiro atoms. The van der Waals surface area contributed by atoms with E-state index >= 15 is 0 Å². The van der Waals surface area contributed by atoms with Crippen LogP contribution in [0.4, 0.5) is 0 Å². The number of benzene rings is 1. The first-order chi connectivity index (χ1) is 14.1. The van der Waals surface area contributed by atoms with E-state index in [4.69, 9.17) is 4.74 Å². The van der Waals surface area contributed by atoms with Gasteiger partial charge < -0.3 is 20.7 Å². The Balaban J connectivity index is 1.59. The zero-order chi connectivity index (χ0) is 20.5. The Morgan fingerprint density at radius 3 is 2.69 bits per heavy atom. The van der Waals surface area contributed by atoms with Gasteiger partial charge >= 0.3 is 0 Å². The number of nitrogens with one attached hydrogen (secondary N) is 3. The van der Waals surface area contributed by atoms with Crippen LogP contribution in [-0.4, -0.2) is 55.9 Å². The first kappa shape index (κ1) is 22.4. The summed E-state index contributed by atoms with van der Waals surface area (Å²) >= 11 is 2.00. The van der Waals surface area contributed by atoms with E-state index < -0.39 is 0 Å². The van der Waals surface area contributed by atoms with Crippen LogP contribution >= 0.6 is 11.8 Å². The van der Waals surface area contributed by atoms with Crippen molar-refractivity contribution in [3.05, 3.63) is 35.9 Å². The first-order valence-corrected chi connectivity index (χ1v) is 12.3. The summed E-state index contributed by atoms with van der Waals surface area (Å²) in [5.74, 6) is 0.928. The van der Waals surface area contributed by atoms with Gasteiger partial charge in [0.15, 0.2) is 5.96 Å². The lowest BCUT2D eigenvalue weighted by Crippen LogP contribution is -2.59. The Morgan fingerprint density at radius 2 is 2.00 bits per heavy atom. The van der Waals surface area contributed by atoms with Crippen molar-refractivity contribution in [3.8, 4) is 0 Å². The largest absolute Gasteiger partial charge is 0.381 e. The predicted molar refractivity (Wildman–Crippen MR) is 125 cm³/mol. The van der Waals surface area contributed by atoms with Gasteiger partial charge in [0.25, 0.3) is 0 Å². The molecule has 1 heterocycles. The molecule has 1 saturated heterocycles. The molecule has 3 atom stereocenters. The van der Waals surface area contributed by atoms with E-state index in [9.17, 15) is 0 Å². The molecule has 29 heavy (non-hydrogen) atoms. The Kier molecular flexibility index (Phi) is 8.69. The number of aliphatic imine (C=N–C) groups is 1. The molecule has 0 bridgehead atoms. The van der Waals surface area contributed by atoms with Crippen LogP contribution in [0.2, 0.25) is 0 Å². The van der Waals surface area contributed by atoms with Gasteiger partial charge in [0.05, 0.1) is 0 Å². The molecule has 0 aromatic heterocycles. The van der Waals surface area contributed by atoms with E-state index in [2.05, 4.69) is 64.5 Å². The van der Waals surface area contributed by atoms with Crippen LogP contribution in [0.3, 0.4) is 0 Å². The highest BCUT2D eigenvalue weighted by molar-refractivity contribution is 7.99. The average Bonchev–Trinajstić information content (AvgIpc) is 2.78. The van der Waals surface area contributed by atoms with Crippen LogP contribution in [-0.2, 0) is 4.74 Å². The number of hydrogen-bond acceptors (Lipinski definition) is 4. The van der Waals surface area contributed by atoms with Crippen molar-refractivity contribution < 1.29 is 4.74 Å². The van der Waals surface area contributed by atoms with E-state index in [-0.39, 0.29) is 5.54 Å². The molecule has 2 aliphatic rings. The summed E-state index contributed by atoms with van der Waals surface area (Å²) in [5.41, 5.74) is 1.34. The van der Waals surface area contributed by atoms with Crippen LogP contribution < -0.4 is 16.0 Å². The lowest BCUT2D eigenvalue weighted by Gasteiger charge is -2.41. The van der Waals surface area contributed by atoms with Crippen molar-refractivity contribution in [1.82, 2.24) is 16.0 Å². The Morgan fingerprint density at radius 1 is 1.24 bits per heavy atom. The standard InChI is InChI=1S/C23H38N4OS/c1-18(19-8-5-4-6-9-19)27-23(12-14-28-15-13-23)17-25-22(24-2)26-20-10-7-11-21(16-20)29-3/h4-6,8-9,18,20-21,27H,7,10-17H2,1-3H3,(H2,24,25,26). The predicted octanol–water partition coefficient (Wildman–Crippen LogP) is 3.73. The first-order valence-electron chi connectivity index (χ1n) is 11.0. The molecule has 1 aliphatic carbocycles. The van der Waals surface area contributed by atoms with Gasteiger partial charge in [-0.3, -0.25) is 4.99 Å². The maximum atomic E-state index is 5.67. The minimum Gasteiger partial charge on any atom is -0.381 e. The lowest BCUT2D eigenvalue weighted by molar-refractivity contribution is 0.0354. The van der Waals surface area contributed by atoms with Crippen molar-refractivity contribution in [2.45, 2.75) is 68.3 Å². The third-order valence-corrected chi connectivity index (χ3v) is 7.49. The number of thioether (sulfide) groups is 1. The van der Waals surface area contributed by atoms with E-state index in [0.717, 1.165) is 43.8 Å². The van der Waals surface area contributed by atoms with Gasteiger partial charge in [0.1, 0.15) is 0 Å². The SMILES string of the molecule is CN=C(NCC1(NC(C)c2ccccc2)CCOCC1)NC1CCCC(SC)C1. The van der Waals surface area contributed by atoms with Crippen molar-refractivity contribution in [2.24, 2.45) is 4.99 Å². The summed E-state index contributed by atoms with van der Waals surface area (Å²) in [5, 5.41) is 12.0. The molecule has 1 saturated carbocycles. The molecule has 1 aromatic carbocycles. The molecule has 162 valence electrons. The zero-order valence-electron chi connectivity index (χ0n) is 18.2. The van der Waals surface area contributed by atoms with Gasteiger partial charge in [-0.05, 0) is 50.8 Å². The molecule has 2 fully saturated rings. The summed E-state index contributed by atoms with van der Waals surface area (Å²) in [6.07, 6.45) is 9.35. The van der Waals surface area contributed by atoms with E-state index in [0.29, 0.717) is 12.1 Å².